The number of halogens is 2. The van der Waals surface area contributed by atoms with Gasteiger partial charge in [-0.1, -0.05) is 46.9 Å². The number of aryl methyl sites for hydroxylation is 1. The number of fused-ring (bicyclic) bond motifs is 5. The highest BCUT2D eigenvalue weighted by molar-refractivity contribution is 6.20. The van der Waals surface area contributed by atoms with Crippen LogP contribution in [0.2, 0.25) is 0 Å². The summed E-state index contributed by atoms with van der Waals surface area (Å²) in [6.45, 7) is 1.45. The van der Waals surface area contributed by atoms with Crippen LogP contribution in [0.4, 0.5) is 14.7 Å². The predicted molar refractivity (Wildman–Crippen MR) is 129 cm³/mol. The summed E-state index contributed by atoms with van der Waals surface area (Å²) >= 11 is 0. The first-order valence-electron chi connectivity index (χ1n) is 11.3. The van der Waals surface area contributed by atoms with E-state index in [1.807, 2.05) is 30.5 Å². The second-order valence-corrected chi connectivity index (χ2v) is 8.54. The van der Waals surface area contributed by atoms with Crippen LogP contribution in [0.15, 0.2) is 70.7 Å². The highest BCUT2D eigenvalue weighted by atomic mass is 19.2. The van der Waals surface area contributed by atoms with Gasteiger partial charge in [0.15, 0.2) is 0 Å². The molecule has 9 heteroatoms. The van der Waals surface area contributed by atoms with E-state index in [1.54, 1.807) is 25.1 Å². The third kappa shape index (κ3) is 4.25. The predicted octanol–water partition coefficient (Wildman–Crippen LogP) is 3.21. The van der Waals surface area contributed by atoms with Crippen molar-refractivity contribution >= 4 is 23.0 Å². The molecule has 1 aliphatic carbocycles. The highest BCUT2D eigenvalue weighted by Gasteiger charge is 2.36. The van der Waals surface area contributed by atoms with Crippen molar-refractivity contribution in [1.82, 2.24) is 14.9 Å². The van der Waals surface area contributed by atoms with Crippen molar-refractivity contribution in [3.8, 4) is 0 Å². The summed E-state index contributed by atoms with van der Waals surface area (Å²) in [4.78, 5) is 34.0. The van der Waals surface area contributed by atoms with Crippen molar-refractivity contribution in [2.45, 2.75) is 19.9 Å². The van der Waals surface area contributed by atoms with E-state index in [9.17, 15) is 18.5 Å². The summed E-state index contributed by atoms with van der Waals surface area (Å²) in [6, 6.07) is 14.1. The van der Waals surface area contributed by atoms with Gasteiger partial charge >= 0.3 is 0 Å². The summed E-state index contributed by atoms with van der Waals surface area (Å²) < 4.78 is 29.8. The minimum atomic E-state index is -0.725. The molecule has 178 valence electrons. The number of carbonyl (C=O) groups excluding carboxylic acids is 1. The molecule has 2 heterocycles. The Morgan fingerprint density at radius 2 is 1.89 bits per heavy atom. The van der Waals surface area contributed by atoms with Crippen LogP contribution < -0.4 is 16.0 Å². The number of aromatic nitrogens is 2. The lowest BCUT2D eigenvalue weighted by atomic mass is 10.0. The van der Waals surface area contributed by atoms with Crippen molar-refractivity contribution in [1.29, 1.82) is 0 Å². The van der Waals surface area contributed by atoms with E-state index in [1.165, 1.54) is 16.8 Å². The summed E-state index contributed by atoms with van der Waals surface area (Å²) in [5, 5.41) is 3.07. The van der Waals surface area contributed by atoms with Gasteiger partial charge in [0.2, 0.25) is 11.7 Å². The fraction of sp³-hybridized carbons (Fsp3) is 0.231. The minimum Gasteiger partial charge on any atom is -0.354 e. The minimum absolute atomic E-state index is 0.0260. The SMILES string of the molecule is Cc1cnc(N(F)CCc2ccccc2F)c(=O)n1CC(=O)NCC1C2=CN=C1c1ccccc12. The smallest absolute Gasteiger partial charge is 0.296 e. The average molecular weight is 475 g/mol. The van der Waals surface area contributed by atoms with Crippen molar-refractivity contribution in [2.75, 3.05) is 18.2 Å². The standard InChI is InChI=1S/C26H23F2N5O2/c1-16-12-31-25(33(28)11-10-17-6-2-5-9-22(17)27)26(35)32(16)15-23(34)29-14-21-20-13-30-24(21)19-8-4-3-7-18(19)20/h2-9,12-13,21H,10-11,14-15H2,1H3,(H,29,34). The maximum atomic E-state index is 14.8. The Hall–Kier alpha value is -4.14. The van der Waals surface area contributed by atoms with Crippen LogP contribution in [0.1, 0.15) is 22.4 Å². The zero-order valence-electron chi connectivity index (χ0n) is 19.0. The molecule has 1 atom stereocenters. The van der Waals surface area contributed by atoms with E-state index in [4.69, 9.17) is 0 Å². The maximum absolute atomic E-state index is 14.8. The molecule has 1 unspecified atom stereocenters. The van der Waals surface area contributed by atoms with Gasteiger partial charge in [-0.3, -0.25) is 19.1 Å². The number of nitrogens with one attached hydrogen (secondary N) is 1. The van der Waals surface area contributed by atoms with E-state index >= 15 is 0 Å². The van der Waals surface area contributed by atoms with Crippen LogP contribution in [-0.4, -0.2) is 34.3 Å². The zero-order valence-corrected chi connectivity index (χ0v) is 19.0. The fourth-order valence-electron chi connectivity index (χ4n) is 4.51. The molecule has 5 rings (SSSR count). The molecular formula is C26H23F2N5O2. The van der Waals surface area contributed by atoms with Gasteiger partial charge in [0, 0.05) is 36.1 Å². The largest absolute Gasteiger partial charge is 0.354 e. The molecule has 7 nitrogen and oxygen atoms in total. The van der Waals surface area contributed by atoms with Gasteiger partial charge in [0.1, 0.15) is 12.4 Å². The molecule has 0 spiro atoms. The summed E-state index contributed by atoms with van der Waals surface area (Å²) in [5.74, 6) is -1.28. The zero-order chi connectivity index (χ0) is 24.5. The molecule has 0 fully saturated rings. The number of anilines is 1. The molecule has 0 saturated carbocycles. The number of benzene rings is 2. The van der Waals surface area contributed by atoms with E-state index < -0.39 is 17.2 Å². The topological polar surface area (TPSA) is 79.6 Å². The van der Waals surface area contributed by atoms with Crippen molar-refractivity contribution in [3.63, 3.8) is 0 Å². The fourth-order valence-corrected chi connectivity index (χ4v) is 4.51. The molecule has 2 bridgehead atoms. The lowest BCUT2D eigenvalue weighted by Crippen LogP contribution is -2.38. The molecule has 1 amide bonds. The Balaban J connectivity index is 1.23. The monoisotopic (exact) mass is 475 g/mol. The lowest BCUT2D eigenvalue weighted by Gasteiger charge is -2.16. The van der Waals surface area contributed by atoms with E-state index in [-0.39, 0.29) is 36.5 Å². The molecule has 1 aromatic heterocycles. The van der Waals surface area contributed by atoms with Crippen LogP contribution in [0.25, 0.3) is 5.57 Å². The third-order valence-corrected chi connectivity index (χ3v) is 6.37. The Bertz CT molecular complexity index is 1390. The average Bonchev–Trinajstić information content (AvgIpc) is 3.41. The molecule has 0 radical (unpaired) electrons. The number of rotatable bonds is 8. The summed E-state index contributed by atoms with van der Waals surface area (Å²) in [5.41, 5.74) is 4.24. The van der Waals surface area contributed by atoms with Gasteiger partial charge < -0.3 is 5.32 Å². The molecule has 0 saturated heterocycles. The first kappa shape index (κ1) is 22.6. The molecule has 2 aromatic carbocycles. The van der Waals surface area contributed by atoms with Gasteiger partial charge in [-0.25, -0.2) is 9.37 Å². The van der Waals surface area contributed by atoms with Gasteiger partial charge in [-0.15, -0.1) is 0 Å². The van der Waals surface area contributed by atoms with Crippen LogP contribution in [0.3, 0.4) is 0 Å². The first-order valence-corrected chi connectivity index (χ1v) is 11.3. The van der Waals surface area contributed by atoms with Gasteiger partial charge in [0.25, 0.3) is 5.56 Å². The van der Waals surface area contributed by atoms with Gasteiger partial charge in [-0.2, -0.15) is 5.12 Å². The van der Waals surface area contributed by atoms with Crippen LogP contribution >= 0.6 is 0 Å². The lowest BCUT2D eigenvalue weighted by molar-refractivity contribution is -0.121. The third-order valence-electron chi connectivity index (χ3n) is 6.37. The maximum Gasteiger partial charge on any atom is 0.296 e. The number of nitrogens with zero attached hydrogens (tertiary/aromatic N) is 4. The Kier molecular flexibility index (Phi) is 5.98. The van der Waals surface area contributed by atoms with Crippen LogP contribution in [0.5, 0.6) is 0 Å². The molecular weight excluding hydrogens is 452 g/mol. The van der Waals surface area contributed by atoms with E-state index in [2.05, 4.69) is 15.3 Å². The summed E-state index contributed by atoms with van der Waals surface area (Å²) in [7, 11) is 0. The highest BCUT2D eigenvalue weighted by Crippen LogP contribution is 2.41. The molecule has 3 aromatic rings. The Labute approximate surface area is 200 Å². The normalized spacial score (nSPS) is 15.5. The van der Waals surface area contributed by atoms with Crippen molar-refractivity contribution in [2.24, 2.45) is 10.9 Å². The molecule has 35 heavy (non-hydrogen) atoms. The number of hydrogen-bond acceptors (Lipinski definition) is 5. The van der Waals surface area contributed by atoms with E-state index in [0.29, 0.717) is 17.8 Å². The molecule has 1 N–H and O–H groups in total. The second-order valence-electron chi connectivity index (χ2n) is 8.54. The summed E-state index contributed by atoms with van der Waals surface area (Å²) in [6.07, 6.45) is 3.23. The first-order chi connectivity index (χ1) is 16.9. The second kappa shape index (κ2) is 9.25. The Morgan fingerprint density at radius 3 is 2.66 bits per heavy atom. The Morgan fingerprint density at radius 1 is 1.14 bits per heavy atom. The van der Waals surface area contributed by atoms with Crippen LogP contribution in [-0.2, 0) is 17.8 Å². The number of carbonyl (C=O) groups is 1. The van der Waals surface area contributed by atoms with Gasteiger partial charge in [0.05, 0.1) is 12.3 Å². The van der Waals surface area contributed by atoms with Crippen LogP contribution in [0, 0.1) is 18.7 Å². The van der Waals surface area contributed by atoms with E-state index in [0.717, 1.165) is 22.4 Å². The number of hydrogen-bond donors (Lipinski definition) is 1. The van der Waals surface area contributed by atoms with Crippen molar-refractivity contribution in [3.05, 3.63) is 99.5 Å². The molecule has 1 aliphatic heterocycles. The quantitative estimate of drug-likeness (QED) is 0.508. The molecule has 2 aliphatic rings. The number of amides is 1. The number of aliphatic imine (C=N–C) groups is 1. The van der Waals surface area contributed by atoms with Gasteiger partial charge in [-0.05, 0) is 36.1 Å². The van der Waals surface area contributed by atoms with Crippen molar-refractivity contribution < 1.29 is 13.7 Å².